The third kappa shape index (κ3) is 3.78. The van der Waals surface area contributed by atoms with Crippen molar-refractivity contribution < 1.29 is 13.2 Å². The lowest BCUT2D eigenvalue weighted by atomic mass is 10.2. The summed E-state index contributed by atoms with van der Waals surface area (Å²) in [5.41, 5.74) is 4.60. The molecule has 0 radical (unpaired) electrons. The molecule has 5 heteroatoms. The molecule has 0 heterocycles. The lowest BCUT2D eigenvalue weighted by molar-refractivity contribution is -0.0878. The van der Waals surface area contributed by atoms with Gasteiger partial charge in [-0.25, -0.2) is 0 Å². The summed E-state index contributed by atoms with van der Waals surface area (Å²) in [7, 11) is 1.41. The molecule has 0 bridgehead atoms. The van der Waals surface area contributed by atoms with Gasteiger partial charge in [-0.1, -0.05) is 6.58 Å². The van der Waals surface area contributed by atoms with Gasteiger partial charge in [-0.3, -0.25) is 4.99 Å². The zero-order valence-electron chi connectivity index (χ0n) is 7.44. The van der Waals surface area contributed by atoms with Gasteiger partial charge in [0.15, 0.2) is 0 Å². The highest BCUT2D eigenvalue weighted by molar-refractivity contribution is 5.96. The van der Waals surface area contributed by atoms with Crippen LogP contribution in [0.1, 0.15) is 6.92 Å². The Hall–Kier alpha value is -1.26. The topological polar surface area (TPSA) is 38.4 Å². The molecular weight excluding hydrogens is 181 g/mol. The van der Waals surface area contributed by atoms with E-state index >= 15 is 0 Å². The minimum atomic E-state index is -4.41. The quantitative estimate of drug-likeness (QED) is 0.406. The monoisotopic (exact) mass is 192 g/mol. The summed E-state index contributed by atoms with van der Waals surface area (Å²) < 4.78 is 35.9. The number of nitrogens with zero attached hydrogens (tertiary/aromatic N) is 1. The molecule has 0 fully saturated rings. The average Bonchev–Trinajstić information content (AvgIpc) is 2.01. The van der Waals surface area contributed by atoms with Crippen molar-refractivity contribution in [3.8, 4) is 0 Å². The molecule has 0 saturated carbocycles. The molecule has 0 rings (SSSR count). The van der Waals surface area contributed by atoms with Crippen LogP contribution in [0.2, 0.25) is 0 Å². The summed E-state index contributed by atoms with van der Waals surface area (Å²) in [6.45, 7) is 4.31. The van der Waals surface area contributed by atoms with E-state index in [4.69, 9.17) is 5.73 Å². The number of rotatable bonds is 2. The number of aliphatic imine (C=N–C) groups is 1. The molecule has 0 aliphatic heterocycles. The van der Waals surface area contributed by atoms with Crippen LogP contribution in [0.25, 0.3) is 0 Å². The van der Waals surface area contributed by atoms with Crippen molar-refractivity contribution >= 4 is 5.84 Å². The van der Waals surface area contributed by atoms with Gasteiger partial charge in [0.2, 0.25) is 0 Å². The van der Waals surface area contributed by atoms with Crippen LogP contribution in [0.15, 0.2) is 28.8 Å². The maximum atomic E-state index is 12.0. The number of halogens is 3. The fraction of sp³-hybridized carbons (Fsp3) is 0.375. The second-order valence-corrected chi connectivity index (χ2v) is 2.46. The van der Waals surface area contributed by atoms with Crippen LogP contribution in [-0.2, 0) is 0 Å². The molecule has 0 amide bonds. The predicted molar refractivity (Wildman–Crippen MR) is 46.5 cm³/mol. The van der Waals surface area contributed by atoms with Crippen LogP contribution in [0, 0.1) is 0 Å². The molecule has 0 spiro atoms. The van der Waals surface area contributed by atoms with Crippen LogP contribution in [-0.4, -0.2) is 19.1 Å². The van der Waals surface area contributed by atoms with Crippen LogP contribution >= 0.6 is 0 Å². The van der Waals surface area contributed by atoms with Gasteiger partial charge in [0.05, 0.1) is 0 Å². The van der Waals surface area contributed by atoms with Gasteiger partial charge in [0.25, 0.3) is 0 Å². The predicted octanol–water partition coefficient (Wildman–Crippen LogP) is 2.04. The molecule has 13 heavy (non-hydrogen) atoms. The van der Waals surface area contributed by atoms with E-state index in [1.807, 2.05) is 0 Å². The average molecular weight is 192 g/mol. The molecule has 0 unspecified atom stereocenters. The number of amidine groups is 1. The highest BCUT2D eigenvalue weighted by Crippen LogP contribution is 2.25. The first-order chi connectivity index (χ1) is 5.79. The zero-order valence-corrected chi connectivity index (χ0v) is 7.44. The zero-order chi connectivity index (χ0) is 10.6. The van der Waals surface area contributed by atoms with Gasteiger partial charge in [-0.15, -0.1) is 0 Å². The Balaban J connectivity index is 4.69. The highest BCUT2D eigenvalue weighted by atomic mass is 19.4. The van der Waals surface area contributed by atoms with Crippen molar-refractivity contribution in [2.24, 2.45) is 10.7 Å². The summed E-state index contributed by atoms with van der Waals surface area (Å²) in [4.78, 5) is 3.54. The molecule has 2 nitrogen and oxygen atoms in total. The molecule has 0 aliphatic carbocycles. The smallest absolute Gasteiger partial charge is 0.384 e. The van der Waals surface area contributed by atoms with Crippen molar-refractivity contribution in [2.75, 3.05) is 7.05 Å². The van der Waals surface area contributed by atoms with E-state index in [2.05, 4.69) is 11.6 Å². The van der Waals surface area contributed by atoms with Crippen molar-refractivity contribution in [3.05, 3.63) is 23.8 Å². The summed E-state index contributed by atoms with van der Waals surface area (Å²) in [6, 6.07) is 0. The molecule has 0 aliphatic rings. The van der Waals surface area contributed by atoms with E-state index in [9.17, 15) is 13.2 Å². The second kappa shape index (κ2) is 4.11. The Bertz CT molecular complexity index is 261. The fourth-order valence-corrected chi connectivity index (χ4v) is 0.593. The summed E-state index contributed by atoms with van der Waals surface area (Å²) in [5.74, 6) is 0.0744. The lowest BCUT2D eigenvalue weighted by Crippen LogP contribution is -2.15. The first kappa shape index (κ1) is 11.7. The van der Waals surface area contributed by atoms with E-state index in [0.29, 0.717) is 0 Å². The molecule has 2 N–H and O–H groups in total. The number of alkyl halides is 3. The van der Waals surface area contributed by atoms with Gasteiger partial charge >= 0.3 is 6.18 Å². The van der Waals surface area contributed by atoms with Crippen LogP contribution in [0.3, 0.4) is 0 Å². The summed E-state index contributed by atoms with van der Waals surface area (Å²) in [6.07, 6.45) is -3.54. The van der Waals surface area contributed by atoms with E-state index in [-0.39, 0.29) is 11.4 Å². The highest BCUT2D eigenvalue weighted by Gasteiger charge is 2.30. The van der Waals surface area contributed by atoms with E-state index in [0.717, 1.165) is 6.08 Å². The van der Waals surface area contributed by atoms with Gasteiger partial charge in [0, 0.05) is 12.6 Å². The first-order valence-corrected chi connectivity index (χ1v) is 3.46. The Morgan fingerprint density at radius 1 is 1.46 bits per heavy atom. The summed E-state index contributed by atoms with van der Waals surface area (Å²) >= 11 is 0. The SMILES string of the molecule is C=C(/C=C(C)/C(N)=N\C)C(F)(F)F. The van der Waals surface area contributed by atoms with E-state index in [1.54, 1.807) is 0 Å². The molecule has 0 atom stereocenters. The second-order valence-electron chi connectivity index (χ2n) is 2.46. The van der Waals surface area contributed by atoms with Crippen molar-refractivity contribution in [1.82, 2.24) is 0 Å². The Morgan fingerprint density at radius 2 is 1.92 bits per heavy atom. The molecule has 0 aromatic heterocycles. The number of nitrogens with two attached hydrogens (primary N) is 1. The minimum Gasteiger partial charge on any atom is -0.384 e. The number of hydrogen-bond acceptors (Lipinski definition) is 1. The van der Waals surface area contributed by atoms with E-state index < -0.39 is 11.7 Å². The standard InChI is InChI=1S/C8H11F3N2/c1-5(7(12)13-3)4-6(2)8(9,10)11/h4H,2H2,1,3H3,(H2,12,13)/b5-4+. The van der Waals surface area contributed by atoms with E-state index in [1.165, 1.54) is 14.0 Å². The molecule has 74 valence electrons. The minimum absolute atomic E-state index is 0.0744. The Kier molecular flexibility index (Phi) is 3.71. The summed E-state index contributed by atoms with van der Waals surface area (Å²) in [5, 5.41) is 0. The van der Waals surface area contributed by atoms with Gasteiger partial charge in [0.1, 0.15) is 5.84 Å². The normalized spacial score (nSPS) is 14.5. The third-order valence-corrected chi connectivity index (χ3v) is 1.40. The van der Waals surface area contributed by atoms with Crippen molar-refractivity contribution in [2.45, 2.75) is 13.1 Å². The molecule has 0 saturated heterocycles. The largest absolute Gasteiger partial charge is 0.415 e. The van der Waals surface area contributed by atoms with Crippen LogP contribution < -0.4 is 5.73 Å². The lowest BCUT2D eigenvalue weighted by Gasteiger charge is -2.06. The fourth-order valence-electron chi connectivity index (χ4n) is 0.593. The maximum absolute atomic E-state index is 12.0. The molecule has 0 aromatic rings. The number of hydrogen-bond donors (Lipinski definition) is 1. The maximum Gasteiger partial charge on any atom is 0.415 e. The van der Waals surface area contributed by atoms with Crippen LogP contribution in [0.4, 0.5) is 13.2 Å². The van der Waals surface area contributed by atoms with Gasteiger partial charge < -0.3 is 5.73 Å². The third-order valence-electron chi connectivity index (χ3n) is 1.40. The Morgan fingerprint density at radius 3 is 2.23 bits per heavy atom. The van der Waals surface area contributed by atoms with Gasteiger partial charge in [-0.2, -0.15) is 13.2 Å². The van der Waals surface area contributed by atoms with Gasteiger partial charge in [-0.05, 0) is 18.6 Å². The van der Waals surface area contributed by atoms with Crippen LogP contribution in [0.5, 0.6) is 0 Å². The first-order valence-electron chi connectivity index (χ1n) is 3.46. The molecule has 0 aromatic carbocycles. The van der Waals surface area contributed by atoms with Crippen molar-refractivity contribution in [1.29, 1.82) is 0 Å². The van der Waals surface area contributed by atoms with Crippen molar-refractivity contribution in [3.63, 3.8) is 0 Å². The number of allylic oxidation sites excluding steroid dienone is 2. The Labute approximate surface area is 74.6 Å². The molecular formula is C8H11F3N2.